The molecule has 1 aromatic rings. The van der Waals surface area contributed by atoms with Crippen LogP contribution >= 0.6 is 24.0 Å². The van der Waals surface area contributed by atoms with E-state index in [2.05, 4.69) is 20.9 Å². The minimum atomic E-state index is -0.248. The SMILES string of the molecule is CCNC(=NCc1ccccc1F)NCCNC(=O)C1CCCCC1.I. The molecule has 7 heteroatoms. The van der Waals surface area contributed by atoms with Gasteiger partial charge in [-0.15, -0.1) is 24.0 Å². The summed E-state index contributed by atoms with van der Waals surface area (Å²) in [5.74, 6) is 0.714. The zero-order valence-corrected chi connectivity index (χ0v) is 17.7. The molecule has 0 saturated heterocycles. The molecular weight excluding hydrogens is 446 g/mol. The molecule has 0 spiro atoms. The summed E-state index contributed by atoms with van der Waals surface area (Å²) in [6.45, 7) is 4.11. The van der Waals surface area contributed by atoms with Crippen LogP contribution in [-0.2, 0) is 11.3 Å². The summed E-state index contributed by atoms with van der Waals surface area (Å²) in [6, 6.07) is 6.63. The first-order valence-electron chi connectivity index (χ1n) is 9.24. The predicted molar refractivity (Wildman–Crippen MR) is 114 cm³/mol. The normalized spacial score (nSPS) is 15.1. The Hall–Kier alpha value is -1.38. The molecule has 0 heterocycles. The van der Waals surface area contributed by atoms with Crippen molar-refractivity contribution in [3.8, 4) is 0 Å². The fourth-order valence-electron chi connectivity index (χ4n) is 3.01. The van der Waals surface area contributed by atoms with E-state index in [1.165, 1.54) is 12.5 Å². The number of halogens is 2. The highest BCUT2D eigenvalue weighted by Gasteiger charge is 2.20. The molecule has 0 radical (unpaired) electrons. The number of nitrogens with zero attached hydrogens (tertiary/aromatic N) is 1. The summed E-state index contributed by atoms with van der Waals surface area (Å²) in [5.41, 5.74) is 0.560. The lowest BCUT2D eigenvalue weighted by Crippen LogP contribution is -2.42. The van der Waals surface area contributed by atoms with Crippen molar-refractivity contribution in [1.82, 2.24) is 16.0 Å². The van der Waals surface area contributed by atoms with Gasteiger partial charge in [-0.2, -0.15) is 0 Å². The lowest BCUT2D eigenvalue weighted by molar-refractivity contribution is -0.125. The average Bonchev–Trinajstić information content (AvgIpc) is 2.64. The molecule has 1 fully saturated rings. The molecule has 146 valence electrons. The van der Waals surface area contributed by atoms with Crippen LogP contribution in [0.25, 0.3) is 0 Å². The maximum absolute atomic E-state index is 13.6. The zero-order chi connectivity index (χ0) is 17.9. The lowest BCUT2D eigenvalue weighted by atomic mass is 9.89. The number of nitrogens with one attached hydrogen (secondary N) is 3. The van der Waals surface area contributed by atoms with Crippen molar-refractivity contribution in [2.24, 2.45) is 10.9 Å². The van der Waals surface area contributed by atoms with Gasteiger partial charge >= 0.3 is 0 Å². The first-order valence-corrected chi connectivity index (χ1v) is 9.24. The van der Waals surface area contributed by atoms with Gasteiger partial charge < -0.3 is 16.0 Å². The van der Waals surface area contributed by atoms with Gasteiger partial charge in [-0.1, -0.05) is 37.5 Å². The van der Waals surface area contributed by atoms with Crippen LogP contribution in [0.15, 0.2) is 29.3 Å². The Morgan fingerprint density at radius 3 is 2.50 bits per heavy atom. The molecule has 1 aliphatic carbocycles. The number of aliphatic imine (C=N–C) groups is 1. The Kier molecular flexibility index (Phi) is 11.2. The van der Waals surface area contributed by atoms with Crippen LogP contribution in [0.1, 0.15) is 44.6 Å². The molecule has 5 nitrogen and oxygen atoms in total. The van der Waals surface area contributed by atoms with Gasteiger partial charge in [0.2, 0.25) is 5.91 Å². The number of rotatable bonds is 7. The van der Waals surface area contributed by atoms with Crippen molar-refractivity contribution < 1.29 is 9.18 Å². The van der Waals surface area contributed by atoms with Crippen LogP contribution < -0.4 is 16.0 Å². The monoisotopic (exact) mass is 476 g/mol. The van der Waals surface area contributed by atoms with Crippen LogP contribution in [-0.4, -0.2) is 31.5 Å². The Morgan fingerprint density at radius 2 is 1.81 bits per heavy atom. The second-order valence-corrected chi connectivity index (χ2v) is 6.34. The zero-order valence-electron chi connectivity index (χ0n) is 15.4. The van der Waals surface area contributed by atoms with Crippen LogP contribution in [0.5, 0.6) is 0 Å². The molecular formula is C19H30FIN4O. The van der Waals surface area contributed by atoms with Gasteiger partial charge in [0.25, 0.3) is 0 Å². The molecule has 1 amide bonds. The minimum absolute atomic E-state index is 0. The van der Waals surface area contributed by atoms with E-state index in [1.54, 1.807) is 18.2 Å². The highest BCUT2D eigenvalue weighted by molar-refractivity contribution is 14.0. The number of carbonyl (C=O) groups is 1. The molecule has 1 aromatic carbocycles. The van der Waals surface area contributed by atoms with E-state index in [1.807, 2.05) is 6.92 Å². The van der Waals surface area contributed by atoms with Crippen LogP contribution in [0.4, 0.5) is 4.39 Å². The Labute approximate surface area is 172 Å². The summed E-state index contributed by atoms with van der Waals surface area (Å²) >= 11 is 0. The van der Waals surface area contributed by atoms with Gasteiger partial charge in [0.15, 0.2) is 5.96 Å². The second kappa shape index (κ2) is 12.9. The van der Waals surface area contributed by atoms with Crippen LogP contribution in [0.3, 0.4) is 0 Å². The topological polar surface area (TPSA) is 65.5 Å². The highest BCUT2D eigenvalue weighted by Crippen LogP contribution is 2.23. The van der Waals surface area contributed by atoms with Gasteiger partial charge in [-0.25, -0.2) is 9.38 Å². The van der Waals surface area contributed by atoms with E-state index < -0.39 is 0 Å². The Morgan fingerprint density at radius 1 is 1.12 bits per heavy atom. The summed E-state index contributed by atoms with van der Waals surface area (Å²) in [6.07, 6.45) is 5.57. The smallest absolute Gasteiger partial charge is 0.223 e. The fourth-order valence-corrected chi connectivity index (χ4v) is 3.01. The first kappa shape index (κ1) is 22.7. The van der Waals surface area contributed by atoms with Crippen molar-refractivity contribution in [3.05, 3.63) is 35.6 Å². The number of benzene rings is 1. The van der Waals surface area contributed by atoms with Gasteiger partial charge in [-0.05, 0) is 25.8 Å². The van der Waals surface area contributed by atoms with Gasteiger partial charge in [0, 0.05) is 31.1 Å². The molecule has 0 aromatic heterocycles. The summed E-state index contributed by atoms with van der Waals surface area (Å²) in [4.78, 5) is 16.5. The molecule has 0 aliphatic heterocycles. The van der Waals surface area contributed by atoms with E-state index in [0.717, 1.165) is 32.2 Å². The molecule has 0 bridgehead atoms. The maximum atomic E-state index is 13.6. The molecule has 1 saturated carbocycles. The number of guanidine groups is 1. The third-order valence-electron chi connectivity index (χ3n) is 4.40. The van der Waals surface area contributed by atoms with Crippen molar-refractivity contribution >= 4 is 35.8 Å². The van der Waals surface area contributed by atoms with Crippen molar-refractivity contribution in [1.29, 1.82) is 0 Å². The summed E-state index contributed by atoms with van der Waals surface area (Å²) < 4.78 is 13.6. The van der Waals surface area contributed by atoms with Gasteiger partial charge in [0.05, 0.1) is 6.54 Å². The largest absolute Gasteiger partial charge is 0.357 e. The minimum Gasteiger partial charge on any atom is -0.357 e. The van der Waals surface area contributed by atoms with Crippen molar-refractivity contribution in [2.45, 2.75) is 45.6 Å². The van der Waals surface area contributed by atoms with E-state index in [4.69, 9.17) is 0 Å². The first-order chi connectivity index (χ1) is 12.2. The maximum Gasteiger partial charge on any atom is 0.223 e. The van der Waals surface area contributed by atoms with Gasteiger partial charge in [-0.3, -0.25) is 4.79 Å². The number of amides is 1. The van der Waals surface area contributed by atoms with E-state index in [0.29, 0.717) is 24.6 Å². The average molecular weight is 476 g/mol. The molecule has 3 N–H and O–H groups in total. The number of hydrogen-bond acceptors (Lipinski definition) is 2. The summed E-state index contributed by atoms with van der Waals surface area (Å²) in [5, 5.41) is 9.29. The van der Waals surface area contributed by atoms with Crippen LogP contribution in [0, 0.1) is 11.7 Å². The molecule has 0 atom stereocenters. The number of hydrogen-bond donors (Lipinski definition) is 3. The fraction of sp³-hybridized carbons (Fsp3) is 0.579. The molecule has 2 rings (SSSR count). The molecule has 26 heavy (non-hydrogen) atoms. The third-order valence-corrected chi connectivity index (χ3v) is 4.40. The highest BCUT2D eigenvalue weighted by atomic mass is 127. The van der Waals surface area contributed by atoms with Crippen molar-refractivity contribution in [3.63, 3.8) is 0 Å². The Bertz CT molecular complexity index is 576. The molecule has 0 unspecified atom stereocenters. The van der Waals surface area contributed by atoms with E-state index >= 15 is 0 Å². The second-order valence-electron chi connectivity index (χ2n) is 6.34. The lowest BCUT2D eigenvalue weighted by Gasteiger charge is -2.21. The van der Waals surface area contributed by atoms with Crippen molar-refractivity contribution in [2.75, 3.05) is 19.6 Å². The van der Waals surface area contributed by atoms with Gasteiger partial charge in [0.1, 0.15) is 5.82 Å². The Balaban J connectivity index is 0.00000338. The van der Waals surface area contributed by atoms with E-state index in [9.17, 15) is 9.18 Å². The quantitative estimate of drug-likeness (QED) is 0.245. The predicted octanol–water partition coefficient (Wildman–Crippen LogP) is 3.20. The van der Waals surface area contributed by atoms with Crippen LogP contribution in [0.2, 0.25) is 0 Å². The third kappa shape index (κ3) is 7.88. The standard InChI is InChI=1S/C19H29FN4O.HI/c1-2-21-19(24-14-16-10-6-7-11-17(16)20)23-13-12-22-18(25)15-8-4-3-5-9-15;/h6-7,10-11,15H,2-5,8-9,12-14H2,1H3,(H,22,25)(H2,21,23,24);1H. The summed E-state index contributed by atoms with van der Waals surface area (Å²) in [7, 11) is 0. The molecule has 1 aliphatic rings. The number of carbonyl (C=O) groups excluding carboxylic acids is 1. The van der Waals surface area contributed by atoms with E-state index in [-0.39, 0.29) is 48.2 Å².